The molecule has 2 amide bonds. The first-order valence-corrected chi connectivity index (χ1v) is 12.6. The molecule has 11 nitrogen and oxygen atoms in total. The monoisotopic (exact) mass is 529 g/mol. The lowest BCUT2D eigenvalue weighted by molar-refractivity contribution is -0.118. The van der Waals surface area contributed by atoms with E-state index in [4.69, 9.17) is 10.3 Å². The van der Waals surface area contributed by atoms with Crippen molar-refractivity contribution >= 4 is 51.6 Å². The Morgan fingerprint density at radius 3 is 2.63 bits per heavy atom. The maximum absolute atomic E-state index is 13.0. The van der Waals surface area contributed by atoms with E-state index in [1.54, 1.807) is 34.9 Å². The molecule has 0 saturated carbocycles. The number of nitrogens with one attached hydrogen (secondary N) is 2. The number of fused-ring (bicyclic) bond motifs is 1. The molecule has 0 fully saturated rings. The fourth-order valence-electron chi connectivity index (χ4n) is 3.84. The van der Waals surface area contributed by atoms with Crippen LogP contribution < -0.4 is 16.4 Å². The Balaban J connectivity index is 1.37. The van der Waals surface area contributed by atoms with Crippen molar-refractivity contribution in [1.29, 1.82) is 0 Å². The minimum absolute atomic E-state index is 0.0505. The van der Waals surface area contributed by atoms with Crippen LogP contribution in [-0.4, -0.2) is 43.8 Å². The minimum Gasteiger partial charge on any atom is -0.378 e. The Morgan fingerprint density at radius 1 is 1.08 bits per heavy atom. The lowest BCUT2D eigenvalue weighted by Gasteiger charge is -2.09. The fourth-order valence-corrected chi connectivity index (χ4v) is 4.44. The van der Waals surface area contributed by atoms with Gasteiger partial charge in [0.1, 0.15) is 5.69 Å². The van der Waals surface area contributed by atoms with E-state index in [9.17, 15) is 14.4 Å². The molecule has 0 radical (unpaired) electrons. The van der Waals surface area contributed by atoms with Gasteiger partial charge >= 0.3 is 0 Å². The number of primary amides is 1. The van der Waals surface area contributed by atoms with Gasteiger partial charge in [-0.2, -0.15) is 0 Å². The first-order chi connectivity index (χ1) is 18.4. The lowest BCUT2D eigenvalue weighted by atomic mass is 10.1. The van der Waals surface area contributed by atoms with Crippen molar-refractivity contribution in [2.75, 3.05) is 17.2 Å². The van der Waals surface area contributed by atoms with Crippen molar-refractivity contribution < 1.29 is 18.9 Å². The molecule has 0 aliphatic rings. The summed E-state index contributed by atoms with van der Waals surface area (Å²) in [6.07, 6.45) is 0.0528. The van der Waals surface area contributed by atoms with Crippen LogP contribution in [0.5, 0.6) is 0 Å². The number of hydrogen-bond donors (Lipinski definition) is 3. The highest BCUT2D eigenvalue weighted by Gasteiger charge is 2.19. The maximum atomic E-state index is 13.0. The predicted octanol–water partition coefficient (Wildman–Crippen LogP) is 3.88. The van der Waals surface area contributed by atoms with Crippen LogP contribution in [0.3, 0.4) is 0 Å². The van der Waals surface area contributed by atoms with Gasteiger partial charge in [0.05, 0.1) is 22.6 Å². The van der Waals surface area contributed by atoms with Crippen LogP contribution in [-0.2, 0) is 11.3 Å². The van der Waals surface area contributed by atoms with Gasteiger partial charge in [-0.05, 0) is 25.1 Å². The van der Waals surface area contributed by atoms with E-state index >= 15 is 0 Å². The van der Waals surface area contributed by atoms with Crippen molar-refractivity contribution in [3.63, 3.8) is 0 Å². The quantitative estimate of drug-likeness (QED) is 0.230. The third-order valence-corrected chi connectivity index (χ3v) is 6.49. The van der Waals surface area contributed by atoms with Crippen molar-refractivity contribution in [2.24, 2.45) is 5.73 Å². The third kappa shape index (κ3) is 5.44. The number of Topliss-reactive ketones (excluding diaryl/α,β-unsaturated/α-hetero) is 1. The lowest BCUT2D eigenvalue weighted by Crippen LogP contribution is -2.18. The molecule has 0 aliphatic carbocycles. The summed E-state index contributed by atoms with van der Waals surface area (Å²) in [6.45, 7) is 2.19. The molecule has 4 N–H and O–H groups in total. The highest BCUT2D eigenvalue weighted by Crippen LogP contribution is 2.26. The summed E-state index contributed by atoms with van der Waals surface area (Å²) in [5.74, 6) is -0.471. The van der Waals surface area contributed by atoms with Crippen LogP contribution in [0.2, 0.25) is 0 Å². The molecular weight excluding hydrogens is 506 g/mol. The zero-order valence-electron chi connectivity index (χ0n) is 20.3. The second-order valence-corrected chi connectivity index (χ2v) is 9.49. The second kappa shape index (κ2) is 10.6. The Bertz CT molecular complexity index is 1640. The molecular formula is C26H23N7O4S. The van der Waals surface area contributed by atoms with Gasteiger partial charge in [-0.3, -0.25) is 19.7 Å². The number of carbonyl (C=O) groups is 3. The zero-order valence-corrected chi connectivity index (χ0v) is 21.1. The number of rotatable bonds is 10. The molecule has 12 heteroatoms. The highest BCUT2D eigenvalue weighted by atomic mass is 32.1. The van der Waals surface area contributed by atoms with Crippen LogP contribution in [0.15, 0.2) is 64.5 Å². The van der Waals surface area contributed by atoms with Crippen LogP contribution in [0.25, 0.3) is 22.5 Å². The van der Waals surface area contributed by atoms with Gasteiger partial charge in [-0.15, -0.1) is 11.3 Å². The van der Waals surface area contributed by atoms with Gasteiger partial charge in [0.25, 0.3) is 5.91 Å². The third-order valence-electron chi connectivity index (χ3n) is 5.72. The van der Waals surface area contributed by atoms with Crippen molar-refractivity contribution in [1.82, 2.24) is 19.7 Å². The summed E-state index contributed by atoms with van der Waals surface area (Å²) >= 11 is 1.46. The van der Waals surface area contributed by atoms with E-state index in [0.29, 0.717) is 33.7 Å². The number of nitrogens with two attached hydrogens (primary N) is 1. The Hall–Kier alpha value is -4.84. The highest BCUT2D eigenvalue weighted by molar-refractivity contribution is 7.09. The van der Waals surface area contributed by atoms with Crippen LogP contribution >= 0.6 is 11.3 Å². The number of aromatic nitrogens is 4. The number of amides is 2. The maximum Gasteiger partial charge on any atom is 0.280 e. The molecule has 5 rings (SSSR count). The van der Waals surface area contributed by atoms with E-state index in [-0.39, 0.29) is 36.9 Å². The molecule has 38 heavy (non-hydrogen) atoms. The van der Waals surface area contributed by atoms with E-state index in [1.807, 2.05) is 30.5 Å². The number of aryl methyl sites for hydroxylation is 2. The van der Waals surface area contributed by atoms with Gasteiger partial charge < -0.3 is 20.1 Å². The minimum atomic E-state index is -0.533. The van der Waals surface area contributed by atoms with Crippen molar-refractivity contribution in [2.45, 2.75) is 19.9 Å². The van der Waals surface area contributed by atoms with Gasteiger partial charge in [-0.25, -0.2) is 9.97 Å². The fraction of sp³-hybridized carbons (Fsp3) is 0.154. The molecule has 0 unspecified atom stereocenters. The molecule has 192 valence electrons. The normalized spacial score (nSPS) is 11.0. The number of nitrogens with zero attached hydrogens (tertiary/aromatic N) is 4. The number of thiazole rings is 1. The number of imidazole rings is 1. The van der Waals surface area contributed by atoms with Crippen molar-refractivity contribution in [3.8, 4) is 11.5 Å². The van der Waals surface area contributed by atoms with Crippen molar-refractivity contribution in [3.05, 3.63) is 76.2 Å². The largest absolute Gasteiger partial charge is 0.378 e. The van der Waals surface area contributed by atoms with E-state index in [1.165, 1.54) is 17.4 Å². The summed E-state index contributed by atoms with van der Waals surface area (Å²) in [7, 11) is 0. The summed E-state index contributed by atoms with van der Waals surface area (Å²) in [6, 6.07) is 15.9. The van der Waals surface area contributed by atoms with Gasteiger partial charge in [0.15, 0.2) is 17.2 Å². The first kappa shape index (κ1) is 24.8. The van der Waals surface area contributed by atoms with Crippen LogP contribution in [0, 0.1) is 6.92 Å². The average Bonchev–Trinajstić information content (AvgIpc) is 3.64. The Kier molecular flexibility index (Phi) is 6.96. The number of anilines is 2. The smallest absolute Gasteiger partial charge is 0.280 e. The average molecular weight is 530 g/mol. The number of carbonyl (C=O) groups excluding carboxylic acids is 3. The van der Waals surface area contributed by atoms with Gasteiger partial charge in [0.2, 0.25) is 11.9 Å². The molecule has 0 saturated heterocycles. The topological polar surface area (TPSA) is 158 Å². The Morgan fingerprint density at radius 2 is 1.89 bits per heavy atom. The molecule has 0 aliphatic heterocycles. The van der Waals surface area contributed by atoms with Crippen LogP contribution in [0.4, 0.5) is 11.6 Å². The van der Waals surface area contributed by atoms with E-state index in [0.717, 1.165) is 5.01 Å². The summed E-state index contributed by atoms with van der Waals surface area (Å²) in [4.78, 5) is 45.8. The number of hydrogen-bond acceptors (Lipinski definition) is 9. The summed E-state index contributed by atoms with van der Waals surface area (Å²) in [5.41, 5.74) is 8.55. The summed E-state index contributed by atoms with van der Waals surface area (Å²) < 4.78 is 6.99. The Labute approximate surface area is 220 Å². The number of benzene rings is 2. The van der Waals surface area contributed by atoms with E-state index < -0.39 is 11.8 Å². The zero-order chi connectivity index (χ0) is 26.6. The molecule has 0 bridgehead atoms. The molecule has 3 heterocycles. The first-order valence-electron chi connectivity index (χ1n) is 11.7. The van der Waals surface area contributed by atoms with Crippen LogP contribution in [0.1, 0.15) is 32.3 Å². The molecule has 5 aromatic rings. The molecule has 3 aromatic heterocycles. The predicted molar refractivity (Wildman–Crippen MR) is 143 cm³/mol. The van der Waals surface area contributed by atoms with Gasteiger partial charge in [-0.1, -0.05) is 35.5 Å². The SMILES string of the molecule is Cc1nc(-c2cc(C(=O)Nc3nc4cc(NCC(=O)c5ccccc5)ccc4n3CCC(N)=O)no2)cs1. The standard InChI is InChI=1S/C26H23N7O4S/c1-15-29-20(14-38-15)23-12-19(32-37-23)25(36)31-26-30-18-11-17(7-8-21(18)33(26)10-9-24(27)35)28-13-22(34)16-5-3-2-4-6-16/h2-8,11-12,14,28H,9-10,13H2,1H3,(H2,27,35)(H,30,31,36). The summed E-state index contributed by atoms with van der Waals surface area (Å²) in [5, 5.41) is 12.4. The van der Waals surface area contributed by atoms with E-state index in [2.05, 4.69) is 25.8 Å². The molecule has 2 aromatic carbocycles. The van der Waals surface area contributed by atoms with Gasteiger partial charge in [0, 0.05) is 35.7 Å². The number of ketones is 1. The molecule has 0 atom stereocenters. The second-order valence-electron chi connectivity index (χ2n) is 8.43. The molecule has 0 spiro atoms.